The molecule has 2 fully saturated rings. The highest BCUT2D eigenvalue weighted by Crippen LogP contribution is 2.38. The molecule has 1 N–H and O–H groups in total. The normalized spacial score (nSPS) is 19.4. The van der Waals surface area contributed by atoms with Gasteiger partial charge in [0.1, 0.15) is 11.6 Å². The second-order valence-corrected chi connectivity index (χ2v) is 7.70. The number of nitrogens with one attached hydrogen (secondary N) is 1. The van der Waals surface area contributed by atoms with E-state index in [9.17, 15) is 0 Å². The smallest absolute Gasteiger partial charge is 0.133 e. The van der Waals surface area contributed by atoms with Crippen molar-refractivity contribution < 1.29 is 0 Å². The summed E-state index contributed by atoms with van der Waals surface area (Å²) >= 11 is 3.49. The first-order chi connectivity index (χ1) is 11.8. The number of likely N-dealkylation sites (tertiary alicyclic amines) is 1. The average molecular weight is 388 g/mol. The van der Waals surface area contributed by atoms with Crippen LogP contribution in [0.3, 0.4) is 0 Å². The predicted octanol–water partition coefficient (Wildman–Crippen LogP) is 3.59. The van der Waals surface area contributed by atoms with E-state index in [0.717, 1.165) is 48.6 Å². The van der Waals surface area contributed by atoms with Crippen molar-refractivity contribution in [2.24, 2.45) is 0 Å². The monoisotopic (exact) mass is 387 g/mol. The summed E-state index contributed by atoms with van der Waals surface area (Å²) in [6.45, 7) is 3.17. The summed E-state index contributed by atoms with van der Waals surface area (Å²) in [5, 5.41) is 3.60. The molecule has 0 atom stereocenters. The molecule has 2 aromatic rings. The maximum absolute atomic E-state index is 4.68. The Kier molecular flexibility index (Phi) is 4.76. The largest absolute Gasteiger partial charge is 0.367 e. The standard InChI is InChI=1S/C18H22BrN5/c19-15-9-13(10-20-11-15)12-24-7-4-16(5-8-24)22-17-3-6-21-18(23-17)14-1-2-14/h3,6,9-11,14,16H,1-2,4-5,7-8,12H2,(H,21,22,23). The molecule has 1 aliphatic heterocycles. The molecule has 2 aliphatic rings. The number of aromatic nitrogens is 3. The first-order valence-electron chi connectivity index (χ1n) is 8.67. The fourth-order valence-corrected chi connectivity index (χ4v) is 3.65. The van der Waals surface area contributed by atoms with Gasteiger partial charge in [-0.05, 0) is 59.3 Å². The van der Waals surface area contributed by atoms with Crippen molar-refractivity contribution >= 4 is 21.7 Å². The van der Waals surface area contributed by atoms with Crippen LogP contribution < -0.4 is 5.32 Å². The molecule has 126 valence electrons. The molecule has 0 amide bonds. The SMILES string of the molecule is Brc1cncc(CN2CCC(Nc3ccnc(C4CC4)n3)CC2)c1. The average Bonchev–Trinajstić information content (AvgIpc) is 3.42. The van der Waals surface area contributed by atoms with Gasteiger partial charge in [0.05, 0.1) is 0 Å². The summed E-state index contributed by atoms with van der Waals surface area (Å²) in [7, 11) is 0. The molecule has 1 saturated heterocycles. The van der Waals surface area contributed by atoms with Crippen molar-refractivity contribution in [2.75, 3.05) is 18.4 Å². The lowest BCUT2D eigenvalue weighted by Gasteiger charge is -2.32. The maximum Gasteiger partial charge on any atom is 0.133 e. The molecule has 5 nitrogen and oxygen atoms in total. The lowest BCUT2D eigenvalue weighted by Crippen LogP contribution is -2.38. The molecular formula is C18H22BrN5. The van der Waals surface area contributed by atoms with Crippen LogP contribution in [0.1, 0.15) is 43.0 Å². The minimum atomic E-state index is 0.504. The van der Waals surface area contributed by atoms with Crippen molar-refractivity contribution in [3.8, 4) is 0 Å². The van der Waals surface area contributed by atoms with Crippen molar-refractivity contribution in [1.29, 1.82) is 0 Å². The summed E-state index contributed by atoms with van der Waals surface area (Å²) in [6, 6.07) is 4.65. The number of hydrogen-bond acceptors (Lipinski definition) is 5. The van der Waals surface area contributed by atoms with Crippen LogP contribution in [0.2, 0.25) is 0 Å². The van der Waals surface area contributed by atoms with E-state index in [4.69, 9.17) is 0 Å². The van der Waals surface area contributed by atoms with Crippen molar-refractivity contribution in [3.05, 3.63) is 46.6 Å². The molecule has 0 radical (unpaired) electrons. The highest BCUT2D eigenvalue weighted by Gasteiger charge is 2.27. The summed E-state index contributed by atoms with van der Waals surface area (Å²) in [4.78, 5) is 15.8. The molecule has 1 saturated carbocycles. The minimum Gasteiger partial charge on any atom is -0.367 e. The van der Waals surface area contributed by atoms with Gasteiger partial charge in [-0.1, -0.05) is 0 Å². The van der Waals surface area contributed by atoms with Crippen LogP contribution >= 0.6 is 15.9 Å². The Morgan fingerprint density at radius 1 is 1.17 bits per heavy atom. The van der Waals surface area contributed by atoms with E-state index in [1.807, 2.05) is 24.7 Å². The second kappa shape index (κ2) is 7.15. The molecule has 0 bridgehead atoms. The zero-order valence-corrected chi connectivity index (χ0v) is 15.2. The van der Waals surface area contributed by atoms with Gasteiger partial charge in [0, 0.05) is 54.7 Å². The van der Waals surface area contributed by atoms with Gasteiger partial charge in [0.25, 0.3) is 0 Å². The number of halogens is 1. The Labute approximate surface area is 151 Å². The predicted molar refractivity (Wildman–Crippen MR) is 97.9 cm³/mol. The molecule has 24 heavy (non-hydrogen) atoms. The lowest BCUT2D eigenvalue weighted by molar-refractivity contribution is 0.211. The Morgan fingerprint density at radius 2 is 2.00 bits per heavy atom. The number of nitrogens with zero attached hydrogens (tertiary/aromatic N) is 4. The highest BCUT2D eigenvalue weighted by atomic mass is 79.9. The van der Waals surface area contributed by atoms with E-state index >= 15 is 0 Å². The first kappa shape index (κ1) is 16.0. The highest BCUT2D eigenvalue weighted by molar-refractivity contribution is 9.10. The molecule has 0 spiro atoms. The van der Waals surface area contributed by atoms with Crippen LogP contribution in [-0.2, 0) is 6.54 Å². The fraction of sp³-hybridized carbons (Fsp3) is 0.500. The van der Waals surface area contributed by atoms with E-state index in [0.29, 0.717) is 12.0 Å². The summed E-state index contributed by atoms with van der Waals surface area (Å²) in [5.74, 6) is 2.61. The van der Waals surface area contributed by atoms with E-state index < -0.39 is 0 Å². The molecule has 4 rings (SSSR count). The Hall–Kier alpha value is -1.53. The third-order valence-electron chi connectivity index (χ3n) is 4.72. The van der Waals surface area contributed by atoms with E-state index in [2.05, 4.69) is 47.2 Å². The van der Waals surface area contributed by atoms with Gasteiger partial charge in [-0.3, -0.25) is 9.88 Å². The number of rotatable bonds is 5. The van der Waals surface area contributed by atoms with Gasteiger partial charge in [-0.2, -0.15) is 0 Å². The van der Waals surface area contributed by atoms with Crippen LogP contribution in [0.4, 0.5) is 5.82 Å². The zero-order valence-electron chi connectivity index (χ0n) is 13.7. The molecule has 3 heterocycles. The molecular weight excluding hydrogens is 366 g/mol. The number of piperidine rings is 1. The Balaban J connectivity index is 1.29. The number of pyridine rings is 1. The summed E-state index contributed by atoms with van der Waals surface area (Å²) in [6.07, 6.45) is 10.4. The van der Waals surface area contributed by atoms with Crippen molar-refractivity contribution in [2.45, 2.75) is 44.2 Å². The van der Waals surface area contributed by atoms with Crippen LogP contribution in [0.5, 0.6) is 0 Å². The minimum absolute atomic E-state index is 0.504. The van der Waals surface area contributed by atoms with Gasteiger partial charge in [-0.25, -0.2) is 9.97 Å². The third kappa shape index (κ3) is 4.11. The first-order valence-corrected chi connectivity index (χ1v) is 9.47. The van der Waals surface area contributed by atoms with Gasteiger partial charge in [-0.15, -0.1) is 0 Å². The quantitative estimate of drug-likeness (QED) is 0.849. The topological polar surface area (TPSA) is 53.9 Å². The Morgan fingerprint density at radius 3 is 2.75 bits per heavy atom. The number of hydrogen-bond donors (Lipinski definition) is 1. The summed E-state index contributed by atoms with van der Waals surface area (Å²) < 4.78 is 1.05. The molecule has 6 heteroatoms. The van der Waals surface area contributed by atoms with Gasteiger partial charge >= 0.3 is 0 Å². The van der Waals surface area contributed by atoms with Crippen LogP contribution in [0.15, 0.2) is 35.2 Å². The third-order valence-corrected chi connectivity index (χ3v) is 5.16. The lowest BCUT2D eigenvalue weighted by atomic mass is 10.0. The molecule has 1 aliphatic carbocycles. The van der Waals surface area contributed by atoms with Crippen molar-refractivity contribution in [1.82, 2.24) is 19.9 Å². The molecule has 0 unspecified atom stereocenters. The fourth-order valence-electron chi connectivity index (χ4n) is 3.24. The van der Waals surface area contributed by atoms with Crippen LogP contribution in [-0.4, -0.2) is 39.0 Å². The van der Waals surface area contributed by atoms with Gasteiger partial charge in [0.2, 0.25) is 0 Å². The van der Waals surface area contributed by atoms with Gasteiger partial charge < -0.3 is 5.32 Å². The van der Waals surface area contributed by atoms with Gasteiger partial charge in [0.15, 0.2) is 0 Å². The number of anilines is 1. The van der Waals surface area contributed by atoms with Crippen LogP contribution in [0.25, 0.3) is 0 Å². The van der Waals surface area contributed by atoms with Crippen molar-refractivity contribution in [3.63, 3.8) is 0 Å². The zero-order chi connectivity index (χ0) is 16.4. The molecule has 0 aromatic carbocycles. The maximum atomic E-state index is 4.68. The van der Waals surface area contributed by atoms with Crippen LogP contribution in [0, 0.1) is 0 Å². The van der Waals surface area contributed by atoms with E-state index in [1.165, 1.54) is 18.4 Å². The second-order valence-electron chi connectivity index (χ2n) is 6.78. The Bertz CT molecular complexity index is 695. The molecule has 2 aromatic heterocycles. The van der Waals surface area contributed by atoms with E-state index in [1.54, 1.807) is 0 Å². The van der Waals surface area contributed by atoms with E-state index in [-0.39, 0.29) is 0 Å². The summed E-state index contributed by atoms with van der Waals surface area (Å²) in [5.41, 5.74) is 1.26.